The van der Waals surface area contributed by atoms with Crippen molar-refractivity contribution in [1.29, 1.82) is 0 Å². The number of anilines is 1. The predicted molar refractivity (Wildman–Crippen MR) is 247 cm³/mol. The highest BCUT2D eigenvalue weighted by Gasteiger charge is 2.32. The van der Waals surface area contributed by atoms with Crippen LogP contribution in [-0.4, -0.2) is 109 Å². The van der Waals surface area contributed by atoms with Crippen LogP contribution in [0.3, 0.4) is 0 Å². The number of likely N-dealkylation sites (N-methyl/N-ethyl adjacent to an activating group) is 1. The van der Waals surface area contributed by atoms with Gasteiger partial charge in [-0.15, -0.1) is 0 Å². The molecule has 2 aliphatic heterocycles. The number of aromatic nitrogens is 6. The van der Waals surface area contributed by atoms with Gasteiger partial charge in [0.05, 0.1) is 41.2 Å². The molecule has 2 atom stereocenters. The Balaban J connectivity index is 0.720. The number of benzene rings is 1. The Hall–Kier alpha value is -5.45. The summed E-state index contributed by atoms with van der Waals surface area (Å²) in [5, 5.41) is 10.5. The Labute approximate surface area is 380 Å². The van der Waals surface area contributed by atoms with Gasteiger partial charge in [0.15, 0.2) is 5.69 Å². The summed E-state index contributed by atoms with van der Waals surface area (Å²) in [6.07, 6.45) is 16.8. The van der Waals surface area contributed by atoms with Gasteiger partial charge in [-0.1, -0.05) is 32.8 Å². The number of pyridine rings is 1. The summed E-state index contributed by atoms with van der Waals surface area (Å²) < 4.78 is 17.2. The zero-order valence-electron chi connectivity index (χ0n) is 38.3. The van der Waals surface area contributed by atoms with E-state index < -0.39 is 11.9 Å². The highest BCUT2D eigenvalue weighted by atomic mass is 16.5. The van der Waals surface area contributed by atoms with Gasteiger partial charge in [0.2, 0.25) is 17.7 Å². The highest BCUT2D eigenvalue weighted by molar-refractivity contribution is 6.03. The molecule has 0 radical (unpaired) electrons. The standard InChI is InChI=1S/C49H64N10O6/c1-31(2)45-39(51-46(61)40-30-65-48(52-40)35-19-20-50-36(25-35)13-9-32-7-8-32)29-58(54-45)37-14-10-34(11-15-37)26-55(3)27-38-28-57(22-23-64-38)21-5-6-33-12-16-41-43(24-33)56(4)49(63)59(41)42-17-18-44(60)53-47(42)62/h12,16,19-20,24-25,29-32,34,37-38,42H,5-11,13-15,17-18,21-23,26-28H2,1-4H3,(H,51,61)(H,53,60,62)/t34?,37?,38-,42?/m1/s1. The van der Waals surface area contributed by atoms with Crippen molar-refractivity contribution in [1.82, 2.24) is 44.0 Å². The molecule has 4 fully saturated rings. The molecule has 0 spiro atoms. The van der Waals surface area contributed by atoms with Crippen LogP contribution in [0.4, 0.5) is 5.69 Å². The van der Waals surface area contributed by atoms with Crippen molar-refractivity contribution in [3.63, 3.8) is 0 Å². The smallest absolute Gasteiger partial charge is 0.329 e. The van der Waals surface area contributed by atoms with Crippen LogP contribution in [0.5, 0.6) is 0 Å². The molecule has 65 heavy (non-hydrogen) atoms. The summed E-state index contributed by atoms with van der Waals surface area (Å²) in [5.74, 6) is 0.958. The summed E-state index contributed by atoms with van der Waals surface area (Å²) in [6.45, 7) is 9.63. The van der Waals surface area contributed by atoms with Crippen LogP contribution in [0.15, 0.2) is 58.2 Å². The number of fused-ring (bicyclic) bond motifs is 1. The summed E-state index contributed by atoms with van der Waals surface area (Å²) in [4.78, 5) is 65.0. The maximum atomic E-state index is 13.5. The first kappa shape index (κ1) is 44.7. The zero-order chi connectivity index (χ0) is 45.2. The van der Waals surface area contributed by atoms with Gasteiger partial charge in [-0.05, 0) is 119 Å². The number of carbonyl (C=O) groups is 3. The van der Waals surface area contributed by atoms with Gasteiger partial charge in [0.25, 0.3) is 5.91 Å². The lowest BCUT2D eigenvalue weighted by Gasteiger charge is -2.36. The van der Waals surface area contributed by atoms with E-state index in [9.17, 15) is 19.2 Å². The van der Waals surface area contributed by atoms with Crippen LogP contribution in [0.2, 0.25) is 0 Å². The Bertz CT molecular complexity index is 2560. The summed E-state index contributed by atoms with van der Waals surface area (Å²) in [7, 11) is 3.95. The molecule has 4 aromatic heterocycles. The molecule has 6 heterocycles. The molecule has 2 saturated carbocycles. The number of imidazole rings is 1. The molecule has 9 rings (SSSR count). The number of aryl methyl sites for hydroxylation is 3. The second-order valence-corrected chi connectivity index (χ2v) is 19.4. The number of ether oxygens (including phenoxy) is 1. The fourth-order valence-corrected chi connectivity index (χ4v) is 10.2. The first-order valence-electron chi connectivity index (χ1n) is 23.8. The summed E-state index contributed by atoms with van der Waals surface area (Å²) in [5.41, 5.74) is 6.09. The third-order valence-electron chi connectivity index (χ3n) is 14.0. The third-order valence-corrected chi connectivity index (χ3v) is 14.0. The Morgan fingerprint density at radius 3 is 2.58 bits per heavy atom. The van der Waals surface area contributed by atoms with E-state index in [2.05, 4.69) is 68.1 Å². The molecule has 5 aromatic rings. The highest BCUT2D eigenvalue weighted by Crippen LogP contribution is 2.36. The van der Waals surface area contributed by atoms with Crippen molar-refractivity contribution in [2.75, 3.05) is 51.7 Å². The van der Waals surface area contributed by atoms with Crippen LogP contribution in [0.1, 0.15) is 123 Å². The number of hydrogen-bond acceptors (Lipinski definition) is 11. The van der Waals surface area contributed by atoms with Gasteiger partial charge in [0, 0.05) is 63.3 Å². The van der Waals surface area contributed by atoms with E-state index in [1.165, 1.54) is 23.7 Å². The van der Waals surface area contributed by atoms with E-state index in [1.54, 1.807) is 17.8 Å². The molecule has 2 saturated heterocycles. The Morgan fingerprint density at radius 2 is 1.80 bits per heavy atom. The fourth-order valence-electron chi connectivity index (χ4n) is 10.2. The molecule has 3 amide bonds. The summed E-state index contributed by atoms with van der Waals surface area (Å²) in [6, 6.07) is 9.53. The Kier molecular flexibility index (Phi) is 13.5. The van der Waals surface area contributed by atoms with E-state index in [4.69, 9.17) is 14.3 Å². The molecule has 0 bridgehead atoms. The molecule has 346 valence electrons. The van der Waals surface area contributed by atoms with Gasteiger partial charge < -0.3 is 19.4 Å². The molecule has 1 unspecified atom stereocenters. The number of piperidine rings is 1. The van der Waals surface area contributed by atoms with Gasteiger partial charge >= 0.3 is 5.69 Å². The number of nitrogens with one attached hydrogen (secondary N) is 2. The van der Waals surface area contributed by atoms with E-state index in [0.717, 1.165) is 130 Å². The predicted octanol–water partition coefficient (Wildman–Crippen LogP) is 6.28. The molecule has 1 aromatic carbocycles. The molecule has 2 N–H and O–H groups in total. The average Bonchev–Trinajstić information content (AvgIpc) is 3.71. The van der Waals surface area contributed by atoms with Crippen LogP contribution in [0, 0.1) is 11.8 Å². The fraction of sp³-hybridized carbons (Fsp3) is 0.571. The van der Waals surface area contributed by atoms with Crippen molar-refractivity contribution in [2.45, 2.75) is 115 Å². The number of amides is 3. The van der Waals surface area contributed by atoms with Crippen molar-refractivity contribution in [3.05, 3.63) is 82.1 Å². The van der Waals surface area contributed by atoms with Gasteiger partial charge in [-0.2, -0.15) is 5.10 Å². The lowest BCUT2D eigenvalue weighted by Crippen LogP contribution is -2.47. The second kappa shape index (κ2) is 19.6. The van der Waals surface area contributed by atoms with E-state index >= 15 is 0 Å². The average molecular weight is 889 g/mol. The van der Waals surface area contributed by atoms with E-state index in [1.807, 2.05) is 24.4 Å². The van der Waals surface area contributed by atoms with Gasteiger partial charge in [-0.25, -0.2) is 9.78 Å². The minimum atomic E-state index is -0.682. The molecule has 2 aliphatic carbocycles. The number of imide groups is 1. The minimum absolute atomic E-state index is 0.134. The molecule has 16 nitrogen and oxygen atoms in total. The lowest BCUT2D eigenvalue weighted by molar-refractivity contribution is -0.135. The third kappa shape index (κ3) is 10.5. The lowest BCUT2D eigenvalue weighted by atomic mass is 9.86. The van der Waals surface area contributed by atoms with Crippen LogP contribution >= 0.6 is 0 Å². The van der Waals surface area contributed by atoms with Crippen molar-refractivity contribution in [2.24, 2.45) is 18.9 Å². The van der Waals surface area contributed by atoms with Gasteiger partial charge in [0.1, 0.15) is 12.3 Å². The van der Waals surface area contributed by atoms with Crippen molar-refractivity contribution in [3.8, 4) is 11.5 Å². The molecular weight excluding hydrogens is 825 g/mol. The normalized spacial score (nSPS) is 22.0. The number of carbonyl (C=O) groups excluding carboxylic acids is 3. The quantitative estimate of drug-likeness (QED) is 0.101. The SMILES string of the molecule is CC(C)c1nn(C2CCC(CN(C)C[C@@H]3CN(CCCc4ccc5c(c4)n(C)c(=O)n5C4CCC(=O)NC4=O)CCO3)CC2)cc1NC(=O)c1coc(-c2ccnc(CCC3CC3)c2)n1. The first-order chi connectivity index (χ1) is 31.4. The minimum Gasteiger partial charge on any atom is -0.444 e. The van der Waals surface area contributed by atoms with Crippen molar-refractivity contribution >= 4 is 34.4 Å². The van der Waals surface area contributed by atoms with E-state index in [0.29, 0.717) is 23.7 Å². The Morgan fingerprint density at radius 1 is 0.985 bits per heavy atom. The zero-order valence-corrected chi connectivity index (χ0v) is 38.3. The number of morpholine rings is 1. The number of rotatable bonds is 17. The number of oxazole rings is 1. The van der Waals surface area contributed by atoms with Crippen molar-refractivity contribution < 1.29 is 23.5 Å². The van der Waals surface area contributed by atoms with Crippen LogP contribution in [0.25, 0.3) is 22.5 Å². The van der Waals surface area contributed by atoms with Crippen LogP contribution < -0.4 is 16.3 Å². The monoisotopic (exact) mass is 889 g/mol. The summed E-state index contributed by atoms with van der Waals surface area (Å²) >= 11 is 0. The number of hydrogen-bond donors (Lipinski definition) is 2. The topological polar surface area (TPSA) is 175 Å². The maximum absolute atomic E-state index is 13.5. The van der Waals surface area contributed by atoms with Crippen LogP contribution in [-0.2, 0) is 34.2 Å². The second-order valence-electron chi connectivity index (χ2n) is 19.4. The first-order valence-corrected chi connectivity index (χ1v) is 23.8. The number of nitrogens with zero attached hydrogens (tertiary/aromatic N) is 8. The largest absolute Gasteiger partial charge is 0.444 e. The molecule has 4 aliphatic rings. The molecule has 16 heteroatoms. The van der Waals surface area contributed by atoms with E-state index in [-0.39, 0.29) is 47.7 Å². The molecular formula is C49H64N10O6. The van der Waals surface area contributed by atoms with Gasteiger partial charge in [-0.3, -0.25) is 43.4 Å². The maximum Gasteiger partial charge on any atom is 0.329 e.